The van der Waals surface area contributed by atoms with Gasteiger partial charge in [0.2, 0.25) is 15.9 Å². The summed E-state index contributed by atoms with van der Waals surface area (Å²) in [5.41, 5.74) is 0.403. The fourth-order valence-electron chi connectivity index (χ4n) is 2.35. The van der Waals surface area contributed by atoms with Gasteiger partial charge < -0.3 is 14.6 Å². The molecule has 10 heteroatoms. The van der Waals surface area contributed by atoms with Gasteiger partial charge >= 0.3 is 0 Å². The molecule has 2 rings (SSSR count). The molecule has 23 heavy (non-hydrogen) atoms. The largest absolute Gasteiger partial charge is 0.379 e. The molecule has 2 heterocycles. The van der Waals surface area contributed by atoms with E-state index >= 15 is 0 Å². The van der Waals surface area contributed by atoms with E-state index in [1.165, 1.54) is 12.4 Å². The zero-order valence-electron chi connectivity index (χ0n) is 12.8. The lowest BCUT2D eigenvalue weighted by atomic mass is 10.0. The van der Waals surface area contributed by atoms with E-state index in [2.05, 4.69) is 14.7 Å². The molecule has 128 valence electrons. The van der Waals surface area contributed by atoms with E-state index in [4.69, 9.17) is 4.74 Å². The summed E-state index contributed by atoms with van der Waals surface area (Å²) in [4.78, 5) is 31.5. The average Bonchev–Trinajstić information content (AvgIpc) is 2.70. The second-order valence-electron chi connectivity index (χ2n) is 5.48. The van der Waals surface area contributed by atoms with Crippen LogP contribution >= 0.6 is 0 Å². The molecule has 0 aromatic carbocycles. The SMILES string of the molecule is CS(=O)(=O)NCC(=O)N1CCOC[C@@H](Cc2cc(=O)[nH]cn2)C1. The molecule has 1 aromatic heterocycles. The molecule has 1 fully saturated rings. The Bertz CT molecular complexity index is 702. The number of ether oxygens (including phenoxy) is 1. The zero-order chi connectivity index (χ0) is 16.9. The fourth-order valence-corrected chi connectivity index (χ4v) is 2.74. The van der Waals surface area contributed by atoms with Crippen LogP contribution in [0.25, 0.3) is 0 Å². The third-order valence-corrected chi connectivity index (χ3v) is 4.08. The Hall–Kier alpha value is -1.78. The highest BCUT2D eigenvalue weighted by atomic mass is 32.2. The van der Waals surface area contributed by atoms with Crippen LogP contribution < -0.4 is 10.3 Å². The van der Waals surface area contributed by atoms with Crippen LogP contribution in [0.15, 0.2) is 17.2 Å². The van der Waals surface area contributed by atoms with Crippen LogP contribution in [0.2, 0.25) is 0 Å². The monoisotopic (exact) mass is 344 g/mol. The van der Waals surface area contributed by atoms with Crippen molar-refractivity contribution < 1.29 is 17.9 Å². The van der Waals surface area contributed by atoms with Crippen molar-refractivity contribution in [2.45, 2.75) is 6.42 Å². The Morgan fingerprint density at radius 1 is 1.57 bits per heavy atom. The summed E-state index contributed by atoms with van der Waals surface area (Å²) in [6.07, 6.45) is 2.86. The molecule has 0 radical (unpaired) electrons. The van der Waals surface area contributed by atoms with Gasteiger partial charge in [-0.1, -0.05) is 0 Å². The topological polar surface area (TPSA) is 121 Å². The number of amides is 1. The molecule has 0 saturated carbocycles. The average molecular weight is 344 g/mol. The fraction of sp³-hybridized carbons (Fsp3) is 0.615. The van der Waals surface area contributed by atoms with Gasteiger partial charge in [0.1, 0.15) is 0 Å². The number of carbonyl (C=O) groups is 1. The molecule has 0 aliphatic carbocycles. The standard InChI is InChI=1S/C13H20N4O5S/c1-23(20,21)16-6-13(19)17-2-3-22-8-10(7-17)4-11-5-12(18)15-9-14-11/h5,9-10,16H,2-4,6-8H2,1H3,(H,14,15,18)/t10-/m0/s1. The molecular weight excluding hydrogens is 324 g/mol. The van der Waals surface area contributed by atoms with Crippen molar-refractivity contribution in [1.29, 1.82) is 0 Å². The van der Waals surface area contributed by atoms with E-state index in [1.54, 1.807) is 4.90 Å². The van der Waals surface area contributed by atoms with Gasteiger partial charge in [0.25, 0.3) is 5.56 Å². The van der Waals surface area contributed by atoms with E-state index in [1.807, 2.05) is 0 Å². The van der Waals surface area contributed by atoms with Gasteiger partial charge in [-0.2, -0.15) is 0 Å². The predicted molar refractivity (Wildman–Crippen MR) is 82.3 cm³/mol. The molecule has 1 atom stereocenters. The first kappa shape index (κ1) is 17.6. The summed E-state index contributed by atoms with van der Waals surface area (Å²) in [5, 5.41) is 0. The first-order valence-corrected chi connectivity index (χ1v) is 9.06. The van der Waals surface area contributed by atoms with Gasteiger partial charge in [-0.3, -0.25) is 9.59 Å². The molecule has 1 amide bonds. The number of sulfonamides is 1. The van der Waals surface area contributed by atoms with Crippen molar-refractivity contribution in [3.05, 3.63) is 28.4 Å². The van der Waals surface area contributed by atoms with Gasteiger partial charge in [0, 0.05) is 30.8 Å². The van der Waals surface area contributed by atoms with Crippen LogP contribution in [0.3, 0.4) is 0 Å². The van der Waals surface area contributed by atoms with Crippen LogP contribution in [0.1, 0.15) is 5.69 Å². The highest BCUT2D eigenvalue weighted by molar-refractivity contribution is 7.88. The second kappa shape index (κ2) is 7.66. The van der Waals surface area contributed by atoms with E-state index in [0.29, 0.717) is 38.4 Å². The van der Waals surface area contributed by atoms with E-state index in [-0.39, 0.29) is 23.9 Å². The number of aromatic amines is 1. The number of carbonyl (C=O) groups excluding carboxylic acids is 1. The van der Waals surface area contributed by atoms with Gasteiger partial charge in [-0.25, -0.2) is 18.1 Å². The molecule has 1 aliphatic heterocycles. The summed E-state index contributed by atoms with van der Waals surface area (Å²) < 4.78 is 29.8. The summed E-state index contributed by atoms with van der Waals surface area (Å²) in [7, 11) is -3.41. The molecule has 9 nitrogen and oxygen atoms in total. The van der Waals surface area contributed by atoms with E-state index < -0.39 is 10.0 Å². The van der Waals surface area contributed by atoms with Crippen molar-refractivity contribution in [2.24, 2.45) is 5.92 Å². The third-order valence-electron chi connectivity index (χ3n) is 3.41. The molecule has 0 spiro atoms. The van der Waals surface area contributed by atoms with Crippen molar-refractivity contribution in [2.75, 3.05) is 39.1 Å². The van der Waals surface area contributed by atoms with E-state index in [0.717, 1.165) is 6.26 Å². The number of rotatable bonds is 5. The van der Waals surface area contributed by atoms with Crippen molar-refractivity contribution >= 4 is 15.9 Å². The lowest BCUT2D eigenvalue weighted by Gasteiger charge is -2.23. The van der Waals surface area contributed by atoms with Crippen LogP contribution in [-0.4, -0.2) is 68.3 Å². The van der Waals surface area contributed by atoms with Crippen molar-refractivity contribution in [3.8, 4) is 0 Å². The number of nitrogens with zero attached hydrogens (tertiary/aromatic N) is 2. The summed E-state index contributed by atoms with van der Waals surface area (Å²) in [6, 6.07) is 1.42. The number of aromatic nitrogens is 2. The predicted octanol–water partition coefficient (Wildman–Crippen LogP) is -1.66. The van der Waals surface area contributed by atoms with Crippen LogP contribution in [0, 0.1) is 5.92 Å². The molecule has 1 saturated heterocycles. The van der Waals surface area contributed by atoms with E-state index in [9.17, 15) is 18.0 Å². The Morgan fingerprint density at radius 2 is 2.35 bits per heavy atom. The number of hydrogen-bond donors (Lipinski definition) is 2. The summed E-state index contributed by atoms with van der Waals surface area (Å²) >= 11 is 0. The Balaban J connectivity index is 1.97. The minimum Gasteiger partial charge on any atom is -0.379 e. The number of H-pyrrole nitrogens is 1. The lowest BCUT2D eigenvalue weighted by molar-refractivity contribution is -0.130. The number of hydrogen-bond acceptors (Lipinski definition) is 6. The Morgan fingerprint density at radius 3 is 3.04 bits per heavy atom. The summed E-state index contributed by atoms with van der Waals surface area (Å²) in [6.45, 7) is 1.42. The van der Waals surface area contributed by atoms with Crippen molar-refractivity contribution in [3.63, 3.8) is 0 Å². The highest BCUT2D eigenvalue weighted by Crippen LogP contribution is 2.12. The quantitative estimate of drug-likeness (QED) is 0.659. The molecule has 1 aliphatic rings. The van der Waals surface area contributed by atoms with Gasteiger partial charge in [0.05, 0.1) is 32.3 Å². The second-order valence-corrected chi connectivity index (χ2v) is 7.31. The first-order valence-electron chi connectivity index (χ1n) is 7.17. The minimum atomic E-state index is -3.41. The molecule has 0 bridgehead atoms. The lowest BCUT2D eigenvalue weighted by Crippen LogP contribution is -2.42. The van der Waals surface area contributed by atoms with Crippen LogP contribution in [-0.2, 0) is 26.0 Å². The van der Waals surface area contributed by atoms with Crippen molar-refractivity contribution in [1.82, 2.24) is 19.6 Å². The van der Waals surface area contributed by atoms with Gasteiger partial charge in [-0.05, 0) is 6.42 Å². The normalized spacial score (nSPS) is 19.3. The Kier molecular flexibility index (Phi) is 5.85. The molecule has 1 aromatic rings. The van der Waals surface area contributed by atoms with Crippen LogP contribution in [0.4, 0.5) is 0 Å². The molecule has 0 unspecified atom stereocenters. The Labute approximate surface area is 134 Å². The smallest absolute Gasteiger partial charge is 0.250 e. The van der Waals surface area contributed by atoms with Gasteiger partial charge in [-0.15, -0.1) is 0 Å². The molecule has 2 N–H and O–H groups in total. The first-order chi connectivity index (χ1) is 10.8. The van der Waals surface area contributed by atoms with Crippen LogP contribution in [0.5, 0.6) is 0 Å². The zero-order valence-corrected chi connectivity index (χ0v) is 13.6. The third kappa shape index (κ3) is 6.08. The minimum absolute atomic E-state index is 0.00557. The maximum absolute atomic E-state index is 12.1. The van der Waals surface area contributed by atoms with Gasteiger partial charge in [0.15, 0.2) is 0 Å². The highest BCUT2D eigenvalue weighted by Gasteiger charge is 2.23. The summed E-state index contributed by atoms with van der Waals surface area (Å²) in [5.74, 6) is -0.307. The maximum Gasteiger partial charge on any atom is 0.250 e. The number of nitrogens with one attached hydrogen (secondary N) is 2. The maximum atomic E-state index is 12.1. The molecular formula is C13H20N4O5S.